The minimum absolute atomic E-state index is 0. The third-order valence-electron chi connectivity index (χ3n) is 0. The smallest absolute Gasteiger partial charge is 0.894 e. The van der Waals surface area contributed by atoms with Gasteiger partial charge in [0, 0.05) is 0 Å². The molecule has 0 unspecified atom stereocenters. The van der Waals surface area contributed by atoms with Crippen molar-refractivity contribution in [2.24, 2.45) is 0 Å². The van der Waals surface area contributed by atoms with Crippen LogP contribution >= 0.6 is 0 Å². The van der Waals surface area contributed by atoms with E-state index in [0.717, 1.165) is 0 Å². The fraction of sp³-hybridized carbons (Fsp3) is 0. The minimum atomic E-state index is -5.61. The Hall–Kier alpha value is 3.95. The maximum absolute atomic E-state index is 8.58. The van der Waals surface area contributed by atoms with Gasteiger partial charge in [0.1, 0.15) is 0 Å². The summed E-state index contributed by atoms with van der Waals surface area (Å²) in [5.41, 5.74) is 0. The molecule has 0 aliphatic carbocycles. The summed E-state index contributed by atoms with van der Waals surface area (Å²) in [5, 5.41) is 0. The number of hydrogen-bond acceptors (Lipinski definition) is 4. The van der Waals surface area contributed by atoms with Crippen LogP contribution < -0.4 is 100 Å². The van der Waals surface area contributed by atoms with Gasteiger partial charge in [0.25, 0.3) is 0 Å². The first-order valence-corrected chi connectivity index (χ1v) is 2.45. The number of hydrogen-bond donors (Lipinski definition) is 0. The Bertz CT molecular complexity index is 31.5. The van der Waals surface area contributed by atoms with Crippen molar-refractivity contribution in [1.82, 2.24) is 0 Å². The molecule has 0 rings (SSSR count). The zero-order valence-corrected chi connectivity index (χ0v) is 13.2. The molecule has 0 bridgehead atoms. The Kier molecular flexibility index (Phi) is 31.0. The quantitative estimate of drug-likeness (QED) is 0.358. The molecule has 0 amide bonds. The van der Waals surface area contributed by atoms with Crippen LogP contribution in [0.2, 0.25) is 0 Å². The molecule has 0 radical (unpaired) electrons. The van der Waals surface area contributed by atoms with Crippen molar-refractivity contribution in [2.75, 3.05) is 0 Å². The second-order valence-corrected chi connectivity index (χ2v) is 1.50. The van der Waals surface area contributed by atoms with E-state index in [-0.39, 0.29) is 119 Å². The molecule has 0 saturated carbocycles. The van der Waals surface area contributed by atoms with Gasteiger partial charge in [-0.3, -0.25) is 0 Å². The zero-order chi connectivity index (χ0) is 4.50. The number of rotatable bonds is 0. The Labute approximate surface area is 143 Å². The molecule has 0 fully saturated rings. The monoisotopic (exact) mass is 194 g/mol. The molecule has 8 heavy (non-hydrogen) atoms. The molecule has 0 saturated heterocycles. The van der Waals surface area contributed by atoms with Crippen LogP contribution in [0.4, 0.5) is 0 Å². The molecular weight excluding hydrogens is 194 g/mol. The summed E-state index contributed by atoms with van der Waals surface area (Å²) >= 11 is 0. The summed E-state index contributed by atoms with van der Waals surface area (Å²) in [6.45, 7) is 0. The summed E-state index contributed by atoms with van der Waals surface area (Å²) < 4.78 is 0. The van der Waals surface area contributed by atoms with Crippen molar-refractivity contribution in [3.63, 3.8) is 0 Å². The van der Waals surface area contributed by atoms with E-state index < -0.39 is 9.05 Å². The average Bonchev–Trinajstić information content (AvgIpc) is 0.722. The van der Waals surface area contributed by atoms with Gasteiger partial charge in [-0.2, -0.15) is 0 Å². The first-order chi connectivity index (χ1) is 2.00. The van der Waals surface area contributed by atoms with E-state index in [4.69, 9.17) is 19.2 Å². The van der Waals surface area contributed by atoms with E-state index in [2.05, 4.69) is 0 Å². The molecule has 0 aromatic heterocycles. The molecule has 0 aliphatic rings. The molecule has 0 spiro atoms. The van der Waals surface area contributed by atoms with Crippen LogP contribution in [0.5, 0.6) is 0 Å². The SMILES string of the molecule is [Ca+2].[K+].[Na+].[O-][Si]([O-])([O-])[O-]. The van der Waals surface area contributed by atoms with E-state index >= 15 is 0 Å². The van der Waals surface area contributed by atoms with Gasteiger partial charge in [0.15, 0.2) is 0 Å². The first kappa shape index (κ1) is 22.7. The van der Waals surface area contributed by atoms with E-state index in [1.165, 1.54) is 0 Å². The maximum atomic E-state index is 8.58. The molecule has 4 nitrogen and oxygen atoms in total. The van der Waals surface area contributed by atoms with E-state index in [1.807, 2.05) is 0 Å². The van der Waals surface area contributed by atoms with Gasteiger partial charge in [-0.1, -0.05) is 0 Å². The molecule has 32 valence electrons. The Morgan fingerprint density at radius 1 is 0.875 bits per heavy atom. The predicted octanol–water partition coefficient (Wildman–Crippen LogP) is -11.5. The topological polar surface area (TPSA) is 92.2 Å². The summed E-state index contributed by atoms with van der Waals surface area (Å²) in [4.78, 5) is 34.3. The third-order valence-corrected chi connectivity index (χ3v) is 0. The van der Waals surface area contributed by atoms with Gasteiger partial charge in [0.05, 0.1) is 0 Å². The van der Waals surface area contributed by atoms with E-state index in [9.17, 15) is 0 Å². The summed E-state index contributed by atoms with van der Waals surface area (Å²) in [7, 11) is -5.61. The standard InChI is InChI=1S/Ca.K.Na.O4Si/c;;;1-5(2,3)4/q+2;2*+1;-4. The summed E-state index contributed by atoms with van der Waals surface area (Å²) in [6, 6.07) is 0. The Morgan fingerprint density at radius 3 is 0.875 bits per heavy atom. The van der Waals surface area contributed by atoms with E-state index in [1.54, 1.807) is 0 Å². The predicted molar refractivity (Wildman–Crippen MR) is 11.5 cm³/mol. The van der Waals surface area contributed by atoms with Crippen LogP contribution in [0, 0.1) is 0 Å². The maximum Gasteiger partial charge on any atom is 2.00 e. The Morgan fingerprint density at radius 2 is 0.875 bits per heavy atom. The summed E-state index contributed by atoms with van der Waals surface area (Å²) in [5.74, 6) is 0. The Balaban J connectivity index is -0.0000000267. The summed E-state index contributed by atoms with van der Waals surface area (Å²) in [6.07, 6.45) is 0. The zero-order valence-electron chi connectivity index (χ0n) is 4.84. The van der Waals surface area contributed by atoms with Gasteiger partial charge in [-0.05, 0) is 0 Å². The van der Waals surface area contributed by atoms with Crippen molar-refractivity contribution in [3.8, 4) is 0 Å². The normalized spacial score (nSPS) is 7.50. The van der Waals surface area contributed by atoms with Crippen molar-refractivity contribution < 1.29 is 100 Å². The molecular formula is CaKNaO4Si. The fourth-order valence-corrected chi connectivity index (χ4v) is 0. The largest absolute Gasteiger partial charge is 2.00 e. The van der Waals surface area contributed by atoms with Crippen LogP contribution in [-0.4, -0.2) is 46.8 Å². The second-order valence-electron chi connectivity index (χ2n) is 0.500. The molecule has 0 aromatic carbocycles. The molecule has 0 aromatic rings. The average molecular weight is 194 g/mol. The molecule has 0 heterocycles. The molecule has 0 atom stereocenters. The molecule has 0 aliphatic heterocycles. The first-order valence-electron chi connectivity index (χ1n) is 0.816. The van der Waals surface area contributed by atoms with Gasteiger partial charge < -0.3 is 28.2 Å². The van der Waals surface area contributed by atoms with Gasteiger partial charge in [0.2, 0.25) is 0 Å². The molecule has 0 N–H and O–H groups in total. The van der Waals surface area contributed by atoms with Crippen molar-refractivity contribution in [1.29, 1.82) is 0 Å². The van der Waals surface area contributed by atoms with Gasteiger partial charge >= 0.3 is 119 Å². The van der Waals surface area contributed by atoms with Crippen LogP contribution in [0.1, 0.15) is 0 Å². The van der Waals surface area contributed by atoms with Crippen LogP contribution in [0.25, 0.3) is 0 Å². The van der Waals surface area contributed by atoms with Crippen molar-refractivity contribution >= 4 is 46.8 Å². The second kappa shape index (κ2) is 11.0. The van der Waals surface area contributed by atoms with E-state index in [0.29, 0.717) is 0 Å². The fourth-order valence-electron chi connectivity index (χ4n) is 0. The molecule has 8 heteroatoms. The van der Waals surface area contributed by atoms with Crippen LogP contribution in [0.15, 0.2) is 0 Å². The van der Waals surface area contributed by atoms with Crippen molar-refractivity contribution in [3.05, 3.63) is 0 Å². The minimum Gasteiger partial charge on any atom is -0.894 e. The van der Waals surface area contributed by atoms with Crippen LogP contribution in [-0.2, 0) is 0 Å². The van der Waals surface area contributed by atoms with Crippen molar-refractivity contribution in [2.45, 2.75) is 0 Å². The van der Waals surface area contributed by atoms with Gasteiger partial charge in [-0.25, -0.2) is 0 Å². The van der Waals surface area contributed by atoms with Crippen LogP contribution in [0.3, 0.4) is 0 Å². The van der Waals surface area contributed by atoms with Gasteiger partial charge in [-0.15, -0.1) is 0 Å². The third kappa shape index (κ3) is 51.1.